The fourth-order valence-corrected chi connectivity index (χ4v) is 5.26. The number of nitrogens with one attached hydrogen (secondary N) is 1. The van der Waals surface area contributed by atoms with E-state index in [2.05, 4.69) is 31.3 Å². The van der Waals surface area contributed by atoms with E-state index in [9.17, 15) is 19.4 Å². The molecule has 0 aromatic rings. The van der Waals surface area contributed by atoms with Crippen molar-refractivity contribution in [3.05, 3.63) is 24.3 Å². The van der Waals surface area contributed by atoms with Crippen molar-refractivity contribution in [1.82, 2.24) is 5.32 Å². The minimum Gasteiger partial charge on any atom is -0.387 e. The molecule has 0 aromatic carbocycles. The molecule has 5 N–H and O–H groups in total. The van der Waals surface area contributed by atoms with Crippen LogP contribution in [0, 0.1) is 0 Å². The Bertz CT molecular complexity index is 704. The number of carbonyl (C=O) groups is 1. The predicted molar refractivity (Wildman–Crippen MR) is 171 cm³/mol. The third-order valence-corrected chi connectivity index (χ3v) is 8.01. The van der Waals surface area contributed by atoms with Crippen molar-refractivity contribution < 1.29 is 28.4 Å². The summed E-state index contributed by atoms with van der Waals surface area (Å²) in [5.74, 6) is -0.209. The second kappa shape index (κ2) is 29.1. The van der Waals surface area contributed by atoms with E-state index in [1.807, 2.05) is 6.08 Å². The molecule has 0 radical (unpaired) electrons. The van der Waals surface area contributed by atoms with Crippen LogP contribution in [0.15, 0.2) is 24.3 Å². The zero-order valence-corrected chi connectivity index (χ0v) is 27.2. The first-order chi connectivity index (χ1) is 19.9. The predicted octanol–water partition coefficient (Wildman–Crippen LogP) is 7.88. The van der Waals surface area contributed by atoms with Gasteiger partial charge in [-0.15, -0.1) is 0 Å². The number of aliphatic hydroxyl groups excluding tert-OH is 1. The summed E-state index contributed by atoms with van der Waals surface area (Å²) in [5.41, 5.74) is 5.33. The van der Waals surface area contributed by atoms with Crippen LogP contribution in [0.25, 0.3) is 0 Å². The Balaban J connectivity index is 4.47. The number of hydrogen-bond acceptors (Lipinski definition) is 6. The Hall–Kier alpha value is -1.02. The van der Waals surface area contributed by atoms with Crippen molar-refractivity contribution in [2.75, 3.05) is 19.8 Å². The molecule has 0 rings (SSSR count). The quantitative estimate of drug-likeness (QED) is 0.0374. The van der Waals surface area contributed by atoms with Gasteiger partial charge in [0.25, 0.3) is 0 Å². The van der Waals surface area contributed by atoms with Crippen LogP contribution in [0.3, 0.4) is 0 Å². The average Bonchev–Trinajstić information content (AvgIpc) is 2.95. The normalized spacial score (nSPS) is 15.0. The first-order valence-corrected chi connectivity index (χ1v) is 18.0. The third kappa shape index (κ3) is 27.6. The van der Waals surface area contributed by atoms with Gasteiger partial charge in [-0.25, -0.2) is 4.57 Å². The molecule has 0 spiro atoms. The third-order valence-electron chi connectivity index (χ3n) is 7.03. The van der Waals surface area contributed by atoms with Crippen molar-refractivity contribution in [1.29, 1.82) is 0 Å². The number of phosphoric ester groups is 1. The van der Waals surface area contributed by atoms with E-state index in [1.54, 1.807) is 6.08 Å². The van der Waals surface area contributed by atoms with Crippen LogP contribution >= 0.6 is 7.82 Å². The number of allylic oxidation sites excluding steroid dienone is 3. The molecule has 0 aliphatic rings. The van der Waals surface area contributed by atoms with E-state index in [0.29, 0.717) is 6.42 Å². The van der Waals surface area contributed by atoms with Crippen LogP contribution in [0.2, 0.25) is 0 Å². The highest BCUT2D eigenvalue weighted by molar-refractivity contribution is 7.47. The molecule has 0 heterocycles. The molecule has 3 unspecified atom stereocenters. The Morgan fingerprint density at radius 2 is 1.29 bits per heavy atom. The zero-order chi connectivity index (χ0) is 30.4. The lowest BCUT2D eigenvalue weighted by Crippen LogP contribution is -2.45. The highest BCUT2D eigenvalue weighted by Gasteiger charge is 2.26. The van der Waals surface area contributed by atoms with Gasteiger partial charge in [-0.05, 0) is 32.1 Å². The van der Waals surface area contributed by atoms with E-state index in [1.165, 1.54) is 83.5 Å². The minimum absolute atomic E-state index is 0.0751. The molecule has 0 aliphatic carbocycles. The van der Waals surface area contributed by atoms with Gasteiger partial charge in [-0.2, -0.15) is 0 Å². The second-order valence-electron chi connectivity index (χ2n) is 11.0. The Morgan fingerprint density at radius 1 is 0.780 bits per heavy atom. The topological polar surface area (TPSA) is 131 Å². The number of hydrogen-bond donors (Lipinski definition) is 4. The number of amides is 1. The van der Waals surface area contributed by atoms with Gasteiger partial charge in [-0.1, -0.05) is 128 Å². The van der Waals surface area contributed by atoms with Crippen LogP contribution in [-0.2, 0) is 18.4 Å². The molecule has 0 fully saturated rings. The van der Waals surface area contributed by atoms with Crippen LogP contribution in [0.5, 0.6) is 0 Å². The maximum absolute atomic E-state index is 12.6. The van der Waals surface area contributed by atoms with Gasteiger partial charge < -0.3 is 21.1 Å². The number of phosphoric acid groups is 1. The van der Waals surface area contributed by atoms with Gasteiger partial charge in [0.15, 0.2) is 0 Å². The summed E-state index contributed by atoms with van der Waals surface area (Å²) in [7, 11) is -4.33. The minimum atomic E-state index is -4.33. The SMILES string of the molecule is CCCCCCC/C=C/CC/C=C/C(O)C(COP(=O)(O)OCCN)NC(=O)CCCCCCCCCCCCC. The summed E-state index contributed by atoms with van der Waals surface area (Å²) >= 11 is 0. The number of rotatable bonds is 30. The highest BCUT2D eigenvalue weighted by Crippen LogP contribution is 2.43. The Labute approximate surface area is 251 Å². The molecule has 0 aromatic heterocycles. The van der Waals surface area contributed by atoms with Crippen LogP contribution in [-0.4, -0.2) is 47.8 Å². The lowest BCUT2D eigenvalue weighted by atomic mass is 10.0. The molecule has 8 nitrogen and oxygen atoms in total. The van der Waals surface area contributed by atoms with E-state index in [0.717, 1.165) is 38.5 Å². The van der Waals surface area contributed by atoms with Gasteiger partial charge in [0.1, 0.15) is 0 Å². The van der Waals surface area contributed by atoms with Crippen LogP contribution in [0.4, 0.5) is 0 Å². The maximum atomic E-state index is 12.6. The number of carbonyl (C=O) groups excluding carboxylic acids is 1. The average molecular weight is 603 g/mol. The van der Waals surface area contributed by atoms with Crippen LogP contribution < -0.4 is 11.1 Å². The monoisotopic (exact) mass is 602 g/mol. The molecule has 3 atom stereocenters. The van der Waals surface area contributed by atoms with Crippen LogP contribution in [0.1, 0.15) is 142 Å². The summed E-state index contributed by atoms with van der Waals surface area (Å²) in [6.07, 6.45) is 29.4. The molecule has 0 saturated carbocycles. The van der Waals surface area contributed by atoms with E-state index >= 15 is 0 Å². The largest absolute Gasteiger partial charge is 0.472 e. The molecule has 1 amide bonds. The molecule has 0 aliphatic heterocycles. The first-order valence-electron chi connectivity index (χ1n) is 16.5. The zero-order valence-electron chi connectivity index (χ0n) is 26.3. The maximum Gasteiger partial charge on any atom is 0.472 e. The van der Waals surface area contributed by atoms with Crippen molar-refractivity contribution >= 4 is 13.7 Å². The summed E-state index contributed by atoms with van der Waals surface area (Å²) < 4.78 is 21.9. The molecular weight excluding hydrogens is 539 g/mol. The van der Waals surface area contributed by atoms with E-state index in [-0.39, 0.29) is 25.7 Å². The smallest absolute Gasteiger partial charge is 0.387 e. The Kier molecular flexibility index (Phi) is 28.3. The van der Waals surface area contributed by atoms with Crippen molar-refractivity contribution in [2.24, 2.45) is 5.73 Å². The van der Waals surface area contributed by atoms with Gasteiger partial charge in [0.2, 0.25) is 5.91 Å². The Morgan fingerprint density at radius 3 is 1.88 bits per heavy atom. The van der Waals surface area contributed by atoms with E-state index in [4.69, 9.17) is 14.8 Å². The van der Waals surface area contributed by atoms with Crippen molar-refractivity contribution in [3.63, 3.8) is 0 Å². The lowest BCUT2D eigenvalue weighted by Gasteiger charge is -2.23. The lowest BCUT2D eigenvalue weighted by molar-refractivity contribution is -0.123. The number of unbranched alkanes of at least 4 members (excludes halogenated alkanes) is 16. The van der Waals surface area contributed by atoms with Crippen molar-refractivity contribution in [3.8, 4) is 0 Å². The number of aliphatic hydroxyl groups is 1. The highest BCUT2D eigenvalue weighted by atomic mass is 31.2. The van der Waals surface area contributed by atoms with E-state index < -0.39 is 20.0 Å². The van der Waals surface area contributed by atoms with Gasteiger partial charge in [0.05, 0.1) is 25.4 Å². The molecule has 242 valence electrons. The summed E-state index contributed by atoms with van der Waals surface area (Å²) in [5, 5.41) is 13.5. The molecular formula is C32H63N2O6P. The second-order valence-corrected chi connectivity index (χ2v) is 12.5. The molecule has 0 saturated heterocycles. The van der Waals surface area contributed by atoms with Gasteiger partial charge in [-0.3, -0.25) is 13.8 Å². The molecule has 9 heteroatoms. The van der Waals surface area contributed by atoms with Crippen molar-refractivity contribution in [2.45, 2.75) is 154 Å². The summed E-state index contributed by atoms with van der Waals surface area (Å²) in [6.45, 7) is 4.05. The molecule has 41 heavy (non-hydrogen) atoms. The van der Waals surface area contributed by atoms with Gasteiger partial charge in [0, 0.05) is 13.0 Å². The molecule has 0 bridgehead atoms. The fourth-order valence-electron chi connectivity index (χ4n) is 4.50. The summed E-state index contributed by atoms with van der Waals surface area (Å²) in [6, 6.07) is -0.868. The first kappa shape index (κ1) is 40.0. The number of nitrogens with two attached hydrogens (primary N) is 1. The van der Waals surface area contributed by atoms with Gasteiger partial charge >= 0.3 is 7.82 Å². The fraction of sp³-hybridized carbons (Fsp3) is 0.844. The summed E-state index contributed by atoms with van der Waals surface area (Å²) in [4.78, 5) is 22.4. The standard InChI is InChI=1S/C32H63N2O6P/c1-3-5-7-9-11-13-15-17-19-21-23-25-31(35)30(29-40-41(37,38)39-28-27-33)34-32(36)26-24-22-20-18-16-14-12-10-8-6-4-2/h15,17,23,25,30-31,35H,3-14,16,18-22,24,26-29,33H2,1-2H3,(H,34,36)(H,37,38)/b17-15+,25-23+.